The van der Waals surface area contributed by atoms with Crippen LogP contribution in [0.2, 0.25) is 0 Å². The minimum Gasteiger partial charge on any atom is -0.353 e. The lowest BCUT2D eigenvalue weighted by Crippen LogP contribution is -2.43. The van der Waals surface area contributed by atoms with Crippen LogP contribution in [-0.2, 0) is 22.7 Å². The quantitative estimate of drug-likeness (QED) is 0.542. The minimum atomic E-state index is -0.273. The third kappa shape index (κ3) is 4.68. The Kier molecular flexibility index (Phi) is 5.92. The fourth-order valence-corrected chi connectivity index (χ4v) is 5.45. The van der Waals surface area contributed by atoms with Crippen LogP contribution < -0.4 is 21.1 Å². The topological polar surface area (TPSA) is 109 Å². The first kappa shape index (κ1) is 21.1. The number of carbonyl (C=O) groups excluding carboxylic acids is 2. The van der Waals surface area contributed by atoms with Crippen LogP contribution >= 0.6 is 22.7 Å². The molecule has 1 aliphatic heterocycles. The number of rotatable bonds is 7. The van der Waals surface area contributed by atoms with E-state index in [9.17, 15) is 14.4 Å². The summed E-state index contributed by atoms with van der Waals surface area (Å²) in [5, 5.41) is 8.57. The molecule has 2 amide bonds. The zero-order valence-corrected chi connectivity index (χ0v) is 19.1. The molecule has 1 saturated heterocycles. The molecule has 3 aromatic heterocycles. The van der Waals surface area contributed by atoms with E-state index in [2.05, 4.69) is 25.5 Å². The van der Waals surface area contributed by atoms with Crippen LogP contribution in [0.5, 0.6) is 0 Å². The van der Waals surface area contributed by atoms with Crippen molar-refractivity contribution in [2.24, 2.45) is 5.92 Å². The first-order valence-corrected chi connectivity index (χ1v) is 12.5. The molecule has 2 aliphatic rings. The molecule has 0 radical (unpaired) electrons. The molecule has 0 unspecified atom stereocenters. The van der Waals surface area contributed by atoms with Gasteiger partial charge in [-0.25, -0.2) is 4.98 Å². The van der Waals surface area contributed by atoms with E-state index in [0.717, 1.165) is 37.1 Å². The van der Waals surface area contributed by atoms with E-state index in [1.165, 1.54) is 22.2 Å². The molecule has 2 N–H and O–H groups in total. The van der Waals surface area contributed by atoms with Gasteiger partial charge in [-0.15, -0.1) is 11.3 Å². The van der Waals surface area contributed by atoms with E-state index in [-0.39, 0.29) is 29.8 Å². The summed E-state index contributed by atoms with van der Waals surface area (Å²) in [6, 6.07) is 4.23. The van der Waals surface area contributed by atoms with Gasteiger partial charge in [0.05, 0.1) is 12.5 Å². The van der Waals surface area contributed by atoms with Crippen molar-refractivity contribution in [3.63, 3.8) is 0 Å². The number of thiophene rings is 1. The van der Waals surface area contributed by atoms with Crippen molar-refractivity contribution in [1.82, 2.24) is 25.2 Å². The molecule has 1 aliphatic carbocycles. The minimum absolute atomic E-state index is 0.0620. The maximum atomic E-state index is 12.9. The summed E-state index contributed by atoms with van der Waals surface area (Å²) in [5.41, 5.74) is 0.111. The Hall–Kier alpha value is -2.79. The predicted octanol–water partition coefficient (Wildman–Crippen LogP) is 1.73. The largest absolute Gasteiger partial charge is 0.353 e. The third-order valence-corrected chi connectivity index (χ3v) is 7.68. The van der Waals surface area contributed by atoms with Crippen LogP contribution in [0.4, 0.5) is 5.13 Å². The van der Waals surface area contributed by atoms with E-state index in [4.69, 9.17) is 0 Å². The number of carbonyl (C=O) groups is 2. The van der Waals surface area contributed by atoms with Gasteiger partial charge in [-0.2, -0.15) is 4.98 Å². The first-order chi connectivity index (χ1) is 15.6. The standard InChI is InChI=1S/C21H24N6O3S2/c28-16(22-9-15-4-2-8-31-15)11-27-12-23-18-17(20(27)30)32-21(25-18)26-7-1-3-13(10-26)19(29)24-14-5-6-14/h2,4,8,12-14H,1,3,5-7,9-11H2,(H,22,28)(H,24,29)/t13-/m0/s1. The maximum absolute atomic E-state index is 12.9. The lowest BCUT2D eigenvalue weighted by Gasteiger charge is -2.31. The molecule has 11 heteroatoms. The van der Waals surface area contributed by atoms with Crippen LogP contribution in [-0.4, -0.2) is 45.5 Å². The Morgan fingerprint density at radius 1 is 1.25 bits per heavy atom. The van der Waals surface area contributed by atoms with Crippen LogP contribution in [0.3, 0.4) is 0 Å². The zero-order valence-electron chi connectivity index (χ0n) is 17.5. The van der Waals surface area contributed by atoms with Gasteiger partial charge >= 0.3 is 0 Å². The number of nitrogens with one attached hydrogen (secondary N) is 2. The van der Waals surface area contributed by atoms with Crippen LogP contribution in [0.15, 0.2) is 28.6 Å². The second-order valence-electron chi connectivity index (χ2n) is 8.25. The summed E-state index contributed by atoms with van der Waals surface area (Å²) in [6.45, 7) is 1.74. The summed E-state index contributed by atoms with van der Waals surface area (Å²) in [6.07, 6.45) is 5.29. The maximum Gasteiger partial charge on any atom is 0.273 e. The van der Waals surface area contributed by atoms with Gasteiger partial charge in [-0.05, 0) is 37.1 Å². The average Bonchev–Trinajstić information content (AvgIpc) is 3.27. The van der Waals surface area contributed by atoms with Crippen LogP contribution in [0.1, 0.15) is 30.6 Å². The summed E-state index contributed by atoms with van der Waals surface area (Å²) in [7, 11) is 0. The molecule has 3 aromatic rings. The first-order valence-electron chi connectivity index (χ1n) is 10.8. The molecule has 1 saturated carbocycles. The SMILES string of the molecule is O=C(Cn1cnc2nc(N3CCC[C@H](C(=O)NC4CC4)C3)sc2c1=O)NCc1cccs1. The van der Waals surface area contributed by atoms with E-state index in [1.54, 1.807) is 11.3 Å². The molecule has 4 heterocycles. The van der Waals surface area contributed by atoms with Gasteiger partial charge in [0.2, 0.25) is 11.8 Å². The third-order valence-electron chi connectivity index (χ3n) is 5.71. The van der Waals surface area contributed by atoms with Crippen molar-refractivity contribution in [3.8, 4) is 0 Å². The second-order valence-corrected chi connectivity index (χ2v) is 10.3. The molecule has 5 rings (SSSR count). The van der Waals surface area contributed by atoms with Gasteiger partial charge < -0.3 is 15.5 Å². The fourth-order valence-electron chi connectivity index (χ4n) is 3.80. The van der Waals surface area contributed by atoms with Crippen molar-refractivity contribution in [2.75, 3.05) is 18.0 Å². The van der Waals surface area contributed by atoms with Gasteiger partial charge in [0.1, 0.15) is 17.6 Å². The van der Waals surface area contributed by atoms with E-state index < -0.39 is 0 Å². The van der Waals surface area contributed by atoms with Crippen LogP contribution in [0, 0.1) is 5.92 Å². The molecule has 1 atom stereocenters. The van der Waals surface area contributed by atoms with Gasteiger partial charge in [-0.3, -0.25) is 19.0 Å². The van der Waals surface area contributed by atoms with E-state index in [0.29, 0.717) is 34.6 Å². The highest BCUT2D eigenvalue weighted by Gasteiger charge is 2.31. The summed E-state index contributed by atoms with van der Waals surface area (Å²) < 4.78 is 1.74. The number of thiazole rings is 1. The molecular weight excluding hydrogens is 448 g/mol. The molecule has 2 fully saturated rings. The number of aromatic nitrogens is 3. The highest BCUT2D eigenvalue weighted by molar-refractivity contribution is 7.22. The number of piperidine rings is 1. The summed E-state index contributed by atoms with van der Waals surface area (Å²) in [5.74, 6) is -0.188. The molecule has 32 heavy (non-hydrogen) atoms. The van der Waals surface area contributed by atoms with Gasteiger partial charge in [0.25, 0.3) is 5.56 Å². The highest BCUT2D eigenvalue weighted by Crippen LogP contribution is 2.30. The Morgan fingerprint density at radius 2 is 2.12 bits per heavy atom. The molecule has 168 valence electrons. The van der Waals surface area contributed by atoms with Crippen molar-refractivity contribution in [2.45, 2.75) is 44.8 Å². The van der Waals surface area contributed by atoms with Crippen molar-refractivity contribution in [1.29, 1.82) is 0 Å². The van der Waals surface area contributed by atoms with Crippen molar-refractivity contribution in [3.05, 3.63) is 39.1 Å². The fraction of sp³-hybridized carbons (Fsp3) is 0.476. The molecular formula is C21H24N6O3S2. The smallest absolute Gasteiger partial charge is 0.273 e. The molecule has 0 aromatic carbocycles. The lowest BCUT2D eigenvalue weighted by atomic mass is 9.97. The van der Waals surface area contributed by atoms with E-state index in [1.807, 2.05) is 17.5 Å². The highest BCUT2D eigenvalue weighted by atomic mass is 32.1. The van der Waals surface area contributed by atoms with Crippen molar-refractivity contribution >= 4 is 50.0 Å². The van der Waals surface area contributed by atoms with Gasteiger partial charge in [0, 0.05) is 24.0 Å². The van der Waals surface area contributed by atoms with E-state index >= 15 is 0 Å². The van der Waals surface area contributed by atoms with Crippen molar-refractivity contribution < 1.29 is 9.59 Å². The molecule has 0 bridgehead atoms. The van der Waals surface area contributed by atoms with Gasteiger partial charge in [0.15, 0.2) is 10.8 Å². The predicted molar refractivity (Wildman–Crippen MR) is 124 cm³/mol. The normalized spacial score (nSPS) is 18.6. The molecule has 9 nitrogen and oxygen atoms in total. The number of nitrogens with zero attached hydrogens (tertiary/aromatic N) is 4. The van der Waals surface area contributed by atoms with Crippen LogP contribution in [0.25, 0.3) is 10.3 Å². The number of fused-ring (bicyclic) bond motifs is 1. The van der Waals surface area contributed by atoms with Gasteiger partial charge in [-0.1, -0.05) is 17.4 Å². The Morgan fingerprint density at radius 3 is 2.91 bits per heavy atom. The lowest BCUT2D eigenvalue weighted by molar-refractivity contribution is -0.125. The summed E-state index contributed by atoms with van der Waals surface area (Å²) >= 11 is 2.85. The Bertz CT molecular complexity index is 1180. The number of hydrogen-bond donors (Lipinski definition) is 2. The molecule has 0 spiro atoms. The Balaban J connectivity index is 1.27. The summed E-state index contributed by atoms with van der Waals surface area (Å²) in [4.78, 5) is 49.6. The number of hydrogen-bond acceptors (Lipinski definition) is 8. The number of amides is 2. The number of anilines is 1. The zero-order chi connectivity index (χ0) is 22.1. The Labute approximate surface area is 192 Å². The second kappa shape index (κ2) is 8.99. The average molecular weight is 473 g/mol. The monoisotopic (exact) mass is 472 g/mol.